The molecule has 1 N–H and O–H groups in total. The van der Waals surface area contributed by atoms with Gasteiger partial charge in [-0.05, 0) is 40.4 Å². The molecular weight excluding hydrogens is 268 g/mol. The SMILES string of the molecule is Cc1cscc1CNC1CC(=O)N(C)c2ccccc21. The zero-order valence-corrected chi connectivity index (χ0v) is 12.5. The van der Waals surface area contributed by atoms with Crippen molar-refractivity contribution < 1.29 is 4.79 Å². The predicted molar refractivity (Wildman–Crippen MR) is 83.1 cm³/mol. The number of anilines is 1. The summed E-state index contributed by atoms with van der Waals surface area (Å²) in [7, 11) is 1.85. The fraction of sp³-hybridized carbons (Fsp3) is 0.312. The Balaban J connectivity index is 1.82. The zero-order valence-electron chi connectivity index (χ0n) is 11.7. The van der Waals surface area contributed by atoms with Crippen LogP contribution in [0.3, 0.4) is 0 Å². The van der Waals surface area contributed by atoms with Gasteiger partial charge in [-0.15, -0.1) is 0 Å². The van der Waals surface area contributed by atoms with Gasteiger partial charge in [0.1, 0.15) is 0 Å². The van der Waals surface area contributed by atoms with Crippen LogP contribution in [0.25, 0.3) is 0 Å². The summed E-state index contributed by atoms with van der Waals surface area (Å²) in [4.78, 5) is 13.8. The van der Waals surface area contributed by atoms with E-state index in [0.717, 1.165) is 12.2 Å². The number of hydrogen-bond donors (Lipinski definition) is 1. The largest absolute Gasteiger partial charge is 0.315 e. The van der Waals surface area contributed by atoms with Crippen molar-refractivity contribution in [1.82, 2.24) is 5.32 Å². The number of nitrogens with one attached hydrogen (secondary N) is 1. The summed E-state index contributed by atoms with van der Waals surface area (Å²) in [6.07, 6.45) is 0.525. The number of fused-ring (bicyclic) bond motifs is 1. The first-order valence-corrected chi connectivity index (χ1v) is 7.71. The highest BCUT2D eigenvalue weighted by atomic mass is 32.1. The lowest BCUT2D eigenvalue weighted by Crippen LogP contribution is -2.37. The summed E-state index contributed by atoms with van der Waals surface area (Å²) in [5.74, 6) is 0.170. The maximum atomic E-state index is 12.1. The molecule has 1 unspecified atom stereocenters. The highest BCUT2D eigenvalue weighted by Crippen LogP contribution is 2.33. The van der Waals surface area contributed by atoms with Crippen molar-refractivity contribution in [3.8, 4) is 0 Å². The first kappa shape index (κ1) is 13.3. The summed E-state index contributed by atoms with van der Waals surface area (Å²) in [6, 6.07) is 8.24. The van der Waals surface area contributed by atoms with Crippen LogP contribution in [0.4, 0.5) is 5.69 Å². The average molecular weight is 286 g/mol. The molecule has 1 aliphatic heterocycles. The van der Waals surface area contributed by atoms with E-state index >= 15 is 0 Å². The normalized spacial score (nSPS) is 18.2. The molecule has 1 amide bonds. The molecule has 2 heterocycles. The van der Waals surface area contributed by atoms with E-state index < -0.39 is 0 Å². The molecule has 0 saturated carbocycles. The third kappa shape index (κ3) is 2.37. The van der Waals surface area contributed by atoms with Crippen LogP contribution in [0.15, 0.2) is 35.0 Å². The lowest BCUT2D eigenvalue weighted by molar-refractivity contribution is -0.119. The Morgan fingerprint density at radius 2 is 2.15 bits per heavy atom. The van der Waals surface area contributed by atoms with Gasteiger partial charge in [0.2, 0.25) is 5.91 Å². The first-order chi connectivity index (χ1) is 9.66. The Bertz CT molecular complexity index is 635. The number of nitrogens with zero attached hydrogens (tertiary/aromatic N) is 1. The minimum absolute atomic E-state index is 0.106. The van der Waals surface area contributed by atoms with Crippen LogP contribution in [-0.4, -0.2) is 13.0 Å². The fourth-order valence-electron chi connectivity index (χ4n) is 2.63. The Kier molecular flexibility index (Phi) is 3.59. The maximum Gasteiger partial charge on any atom is 0.228 e. The van der Waals surface area contributed by atoms with Crippen LogP contribution in [0, 0.1) is 6.92 Å². The van der Waals surface area contributed by atoms with Crippen LogP contribution in [0.5, 0.6) is 0 Å². The minimum Gasteiger partial charge on any atom is -0.315 e. The average Bonchev–Trinajstić information content (AvgIpc) is 2.87. The molecule has 1 aromatic heterocycles. The third-order valence-electron chi connectivity index (χ3n) is 3.93. The number of carbonyl (C=O) groups excluding carboxylic acids is 1. The van der Waals surface area contributed by atoms with E-state index in [0.29, 0.717) is 6.42 Å². The molecule has 2 aromatic rings. The summed E-state index contributed by atoms with van der Waals surface area (Å²) in [5, 5.41) is 7.86. The van der Waals surface area contributed by atoms with Gasteiger partial charge in [-0.2, -0.15) is 11.3 Å². The van der Waals surface area contributed by atoms with Gasteiger partial charge in [0.25, 0.3) is 0 Å². The number of thiophene rings is 1. The van der Waals surface area contributed by atoms with E-state index in [-0.39, 0.29) is 11.9 Å². The smallest absolute Gasteiger partial charge is 0.228 e. The maximum absolute atomic E-state index is 12.1. The second-order valence-electron chi connectivity index (χ2n) is 5.23. The van der Waals surface area contributed by atoms with Crippen molar-refractivity contribution in [2.75, 3.05) is 11.9 Å². The molecule has 1 aliphatic rings. The number of amides is 1. The molecule has 3 nitrogen and oxygen atoms in total. The molecule has 4 heteroatoms. The monoisotopic (exact) mass is 286 g/mol. The molecule has 0 aliphatic carbocycles. The van der Waals surface area contributed by atoms with Crippen molar-refractivity contribution in [2.45, 2.75) is 25.9 Å². The number of rotatable bonds is 3. The van der Waals surface area contributed by atoms with Crippen molar-refractivity contribution in [3.05, 3.63) is 51.7 Å². The van der Waals surface area contributed by atoms with E-state index in [1.54, 1.807) is 16.2 Å². The molecule has 0 fully saturated rings. The minimum atomic E-state index is 0.106. The van der Waals surface area contributed by atoms with Crippen molar-refractivity contribution in [3.63, 3.8) is 0 Å². The quantitative estimate of drug-likeness (QED) is 0.939. The molecule has 1 aromatic carbocycles. The Labute approximate surface area is 123 Å². The molecule has 3 rings (SSSR count). The number of hydrogen-bond acceptors (Lipinski definition) is 3. The van der Waals surface area contributed by atoms with Crippen molar-refractivity contribution in [1.29, 1.82) is 0 Å². The van der Waals surface area contributed by atoms with Crippen LogP contribution in [0.2, 0.25) is 0 Å². The first-order valence-electron chi connectivity index (χ1n) is 6.77. The highest BCUT2D eigenvalue weighted by molar-refractivity contribution is 7.08. The summed E-state index contributed by atoms with van der Waals surface area (Å²) in [6.45, 7) is 2.94. The van der Waals surface area contributed by atoms with Crippen LogP contribution in [0.1, 0.15) is 29.2 Å². The van der Waals surface area contributed by atoms with Gasteiger partial charge in [-0.1, -0.05) is 18.2 Å². The van der Waals surface area contributed by atoms with Gasteiger partial charge in [0.05, 0.1) is 0 Å². The van der Waals surface area contributed by atoms with Crippen LogP contribution in [-0.2, 0) is 11.3 Å². The molecule has 0 bridgehead atoms. The molecule has 0 saturated heterocycles. The van der Waals surface area contributed by atoms with Crippen LogP contribution < -0.4 is 10.2 Å². The second kappa shape index (κ2) is 5.38. The van der Waals surface area contributed by atoms with Crippen molar-refractivity contribution in [2.24, 2.45) is 0 Å². The Morgan fingerprint density at radius 3 is 2.90 bits per heavy atom. The fourth-order valence-corrected chi connectivity index (χ4v) is 3.48. The zero-order chi connectivity index (χ0) is 14.1. The topological polar surface area (TPSA) is 32.3 Å². The molecular formula is C16H18N2OS. The van der Waals surface area contributed by atoms with Gasteiger partial charge in [0.15, 0.2) is 0 Å². The summed E-state index contributed by atoms with van der Waals surface area (Å²) in [5.41, 5.74) is 4.86. The Morgan fingerprint density at radius 1 is 1.35 bits per heavy atom. The third-order valence-corrected chi connectivity index (χ3v) is 4.84. The molecule has 0 spiro atoms. The lowest BCUT2D eigenvalue weighted by Gasteiger charge is -2.32. The number of carbonyl (C=O) groups is 1. The number of benzene rings is 1. The number of aryl methyl sites for hydroxylation is 1. The van der Waals surface area contributed by atoms with Gasteiger partial charge in [-0.3, -0.25) is 4.79 Å². The predicted octanol–water partition coefficient (Wildman–Crippen LogP) is 3.25. The highest BCUT2D eigenvalue weighted by Gasteiger charge is 2.28. The second-order valence-corrected chi connectivity index (χ2v) is 5.97. The summed E-state index contributed by atoms with van der Waals surface area (Å²) < 4.78 is 0. The van der Waals surface area contributed by atoms with Crippen LogP contribution >= 0.6 is 11.3 Å². The summed E-state index contributed by atoms with van der Waals surface area (Å²) >= 11 is 1.72. The standard InChI is InChI=1S/C16H18N2OS/c1-11-9-20-10-12(11)8-17-14-7-16(19)18(2)15-6-4-3-5-13(14)15/h3-6,9-10,14,17H,7-8H2,1-2H3. The number of para-hydroxylation sites is 1. The molecule has 0 radical (unpaired) electrons. The molecule has 1 atom stereocenters. The van der Waals surface area contributed by atoms with Gasteiger partial charge < -0.3 is 10.2 Å². The lowest BCUT2D eigenvalue weighted by atomic mass is 9.96. The molecule has 104 valence electrons. The Hall–Kier alpha value is -1.65. The molecule has 20 heavy (non-hydrogen) atoms. The van der Waals surface area contributed by atoms with E-state index in [2.05, 4.69) is 29.1 Å². The van der Waals surface area contributed by atoms with Gasteiger partial charge in [-0.25, -0.2) is 0 Å². The van der Waals surface area contributed by atoms with E-state index in [4.69, 9.17) is 0 Å². The van der Waals surface area contributed by atoms with E-state index in [9.17, 15) is 4.79 Å². The van der Waals surface area contributed by atoms with Gasteiger partial charge >= 0.3 is 0 Å². The van der Waals surface area contributed by atoms with E-state index in [1.165, 1.54) is 16.7 Å². The van der Waals surface area contributed by atoms with E-state index in [1.807, 2.05) is 25.2 Å². The van der Waals surface area contributed by atoms with Gasteiger partial charge in [0, 0.05) is 31.7 Å². The van der Waals surface area contributed by atoms with Crippen molar-refractivity contribution >= 4 is 22.9 Å².